The van der Waals surface area contributed by atoms with Crippen molar-refractivity contribution in [3.05, 3.63) is 54.0 Å². The Labute approximate surface area is 129 Å². The molecule has 1 saturated heterocycles. The highest BCUT2D eigenvalue weighted by Crippen LogP contribution is 2.13. The van der Waals surface area contributed by atoms with Crippen LogP contribution in [0, 0.1) is 0 Å². The Morgan fingerprint density at radius 1 is 1.18 bits per heavy atom. The Kier molecular flexibility index (Phi) is 4.60. The van der Waals surface area contributed by atoms with Crippen LogP contribution in [-0.2, 0) is 11.3 Å². The first-order valence-corrected chi connectivity index (χ1v) is 7.30. The molecule has 0 bridgehead atoms. The standard InChI is InChI=1S/C16H18N4O2/c21-16(14-3-1-2-6-17-14)19-12-13-4-5-15(18-11-13)20-7-9-22-10-8-20/h1-6,11H,7-10,12H2,(H,19,21). The molecule has 114 valence electrons. The zero-order valence-electron chi connectivity index (χ0n) is 12.2. The quantitative estimate of drug-likeness (QED) is 0.920. The van der Waals surface area contributed by atoms with Crippen molar-refractivity contribution >= 4 is 11.7 Å². The zero-order chi connectivity index (χ0) is 15.2. The van der Waals surface area contributed by atoms with Crippen LogP contribution in [0.3, 0.4) is 0 Å². The summed E-state index contributed by atoms with van der Waals surface area (Å²) in [4.78, 5) is 22.6. The van der Waals surface area contributed by atoms with E-state index in [1.165, 1.54) is 0 Å². The molecule has 0 unspecified atom stereocenters. The third kappa shape index (κ3) is 3.59. The fourth-order valence-corrected chi connectivity index (χ4v) is 2.27. The van der Waals surface area contributed by atoms with Gasteiger partial charge >= 0.3 is 0 Å². The molecule has 0 atom stereocenters. The van der Waals surface area contributed by atoms with E-state index in [9.17, 15) is 4.79 Å². The number of ether oxygens (including phenoxy) is 1. The van der Waals surface area contributed by atoms with E-state index in [-0.39, 0.29) is 5.91 Å². The molecule has 1 N–H and O–H groups in total. The van der Waals surface area contributed by atoms with Crippen LogP contribution in [0.2, 0.25) is 0 Å². The number of carbonyl (C=O) groups excluding carboxylic acids is 1. The number of hydrogen-bond acceptors (Lipinski definition) is 5. The van der Waals surface area contributed by atoms with E-state index in [0.717, 1.165) is 37.7 Å². The number of anilines is 1. The molecule has 2 aromatic heterocycles. The molecule has 1 aliphatic rings. The highest BCUT2D eigenvalue weighted by atomic mass is 16.5. The summed E-state index contributed by atoms with van der Waals surface area (Å²) in [7, 11) is 0. The SMILES string of the molecule is O=C(NCc1ccc(N2CCOCC2)nc1)c1ccccn1. The summed E-state index contributed by atoms with van der Waals surface area (Å²) in [5.41, 5.74) is 1.38. The van der Waals surface area contributed by atoms with Crippen molar-refractivity contribution in [1.82, 2.24) is 15.3 Å². The van der Waals surface area contributed by atoms with Crippen molar-refractivity contribution in [2.75, 3.05) is 31.2 Å². The van der Waals surface area contributed by atoms with Crippen molar-refractivity contribution in [2.45, 2.75) is 6.54 Å². The second kappa shape index (κ2) is 7.00. The van der Waals surface area contributed by atoms with Crippen LogP contribution in [0.4, 0.5) is 5.82 Å². The van der Waals surface area contributed by atoms with E-state index < -0.39 is 0 Å². The number of hydrogen-bond donors (Lipinski definition) is 1. The lowest BCUT2D eigenvalue weighted by molar-refractivity contribution is 0.0946. The third-order valence-electron chi connectivity index (χ3n) is 3.49. The lowest BCUT2D eigenvalue weighted by Crippen LogP contribution is -2.36. The van der Waals surface area contributed by atoms with Gasteiger partial charge < -0.3 is 15.0 Å². The van der Waals surface area contributed by atoms with E-state index in [2.05, 4.69) is 20.2 Å². The van der Waals surface area contributed by atoms with E-state index in [1.807, 2.05) is 12.1 Å². The fraction of sp³-hybridized carbons (Fsp3) is 0.312. The van der Waals surface area contributed by atoms with Gasteiger partial charge in [0.1, 0.15) is 11.5 Å². The first-order valence-electron chi connectivity index (χ1n) is 7.30. The van der Waals surface area contributed by atoms with Gasteiger partial charge in [0.15, 0.2) is 0 Å². The molecular formula is C16H18N4O2. The second-order valence-corrected chi connectivity index (χ2v) is 5.02. The third-order valence-corrected chi connectivity index (χ3v) is 3.49. The minimum atomic E-state index is -0.183. The van der Waals surface area contributed by atoms with E-state index >= 15 is 0 Å². The van der Waals surface area contributed by atoms with Crippen LogP contribution in [0.5, 0.6) is 0 Å². The minimum Gasteiger partial charge on any atom is -0.378 e. The van der Waals surface area contributed by atoms with Crippen LogP contribution in [0.1, 0.15) is 16.1 Å². The maximum atomic E-state index is 11.9. The molecule has 6 heteroatoms. The molecule has 6 nitrogen and oxygen atoms in total. The maximum Gasteiger partial charge on any atom is 0.270 e. The second-order valence-electron chi connectivity index (χ2n) is 5.02. The predicted octanol–water partition coefficient (Wildman–Crippen LogP) is 1.24. The van der Waals surface area contributed by atoms with Gasteiger partial charge in [-0.2, -0.15) is 0 Å². The summed E-state index contributed by atoms with van der Waals surface area (Å²) in [5.74, 6) is 0.765. The van der Waals surface area contributed by atoms with Gasteiger partial charge in [0.25, 0.3) is 5.91 Å². The highest BCUT2D eigenvalue weighted by Gasteiger charge is 2.12. The van der Waals surface area contributed by atoms with Gasteiger partial charge in [0, 0.05) is 32.0 Å². The average molecular weight is 298 g/mol. The lowest BCUT2D eigenvalue weighted by atomic mass is 10.2. The lowest BCUT2D eigenvalue weighted by Gasteiger charge is -2.27. The Morgan fingerprint density at radius 3 is 2.73 bits per heavy atom. The van der Waals surface area contributed by atoms with Gasteiger partial charge in [-0.05, 0) is 23.8 Å². The number of morpholine rings is 1. The topological polar surface area (TPSA) is 67.4 Å². The molecule has 1 fully saturated rings. The number of carbonyl (C=O) groups is 1. The number of rotatable bonds is 4. The van der Waals surface area contributed by atoms with E-state index in [0.29, 0.717) is 12.2 Å². The molecule has 0 saturated carbocycles. The zero-order valence-corrected chi connectivity index (χ0v) is 12.2. The Hall–Kier alpha value is -2.47. The molecule has 0 aliphatic carbocycles. The number of amides is 1. The summed E-state index contributed by atoms with van der Waals surface area (Å²) in [6.45, 7) is 3.64. The Balaban J connectivity index is 1.56. The van der Waals surface area contributed by atoms with Crippen molar-refractivity contribution in [2.24, 2.45) is 0 Å². The van der Waals surface area contributed by atoms with Crippen LogP contribution in [-0.4, -0.2) is 42.2 Å². The molecule has 0 radical (unpaired) electrons. The summed E-state index contributed by atoms with van der Waals surface area (Å²) in [6.07, 6.45) is 3.40. The number of aromatic nitrogens is 2. The fourth-order valence-electron chi connectivity index (χ4n) is 2.27. The van der Waals surface area contributed by atoms with Crippen molar-refractivity contribution in [3.8, 4) is 0 Å². The molecule has 2 aromatic rings. The monoisotopic (exact) mass is 298 g/mol. The normalized spacial score (nSPS) is 14.6. The largest absolute Gasteiger partial charge is 0.378 e. The predicted molar refractivity (Wildman–Crippen MR) is 82.7 cm³/mol. The summed E-state index contributed by atoms with van der Waals surface area (Å²) in [5, 5.41) is 2.84. The molecular weight excluding hydrogens is 280 g/mol. The molecule has 22 heavy (non-hydrogen) atoms. The van der Waals surface area contributed by atoms with Crippen LogP contribution >= 0.6 is 0 Å². The molecule has 3 rings (SSSR count). The van der Waals surface area contributed by atoms with Gasteiger partial charge in [-0.1, -0.05) is 12.1 Å². The molecule has 0 aromatic carbocycles. The van der Waals surface area contributed by atoms with Crippen LogP contribution in [0.25, 0.3) is 0 Å². The van der Waals surface area contributed by atoms with Gasteiger partial charge in [-0.3, -0.25) is 9.78 Å². The number of pyridine rings is 2. The molecule has 1 amide bonds. The first-order chi connectivity index (χ1) is 10.8. The summed E-state index contributed by atoms with van der Waals surface area (Å²) in [6, 6.07) is 9.23. The van der Waals surface area contributed by atoms with Crippen LogP contribution < -0.4 is 10.2 Å². The molecule has 1 aliphatic heterocycles. The maximum absolute atomic E-state index is 11.9. The van der Waals surface area contributed by atoms with Gasteiger partial charge in [-0.15, -0.1) is 0 Å². The first kappa shape index (κ1) is 14.5. The molecule has 0 spiro atoms. The van der Waals surface area contributed by atoms with Crippen LogP contribution in [0.15, 0.2) is 42.7 Å². The number of nitrogens with one attached hydrogen (secondary N) is 1. The van der Waals surface area contributed by atoms with E-state index in [4.69, 9.17) is 4.74 Å². The smallest absolute Gasteiger partial charge is 0.270 e. The summed E-state index contributed by atoms with van der Waals surface area (Å²) < 4.78 is 5.33. The van der Waals surface area contributed by atoms with Gasteiger partial charge in [-0.25, -0.2) is 4.98 Å². The van der Waals surface area contributed by atoms with Crippen molar-refractivity contribution in [3.63, 3.8) is 0 Å². The minimum absolute atomic E-state index is 0.183. The van der Waals surface area contributed by atoms with Crippen molar-refractivity contribution < 1.29 is 9.53 Å². The van der Waals surface area contributed by atoms with Gasteiger partial charge in [0.2, 0.25) is 0 Å². The summed E-state index contributed by atoms with van der Waals surface area (Å²) >= 11 is 0. The van der Waals surface area contributed by atoms with Gasteiger partial charge in [0.05, 0.1) is 13.2 Å². The Bertz CT molecular complexity index is 610. The Morgan fingerprint density at radius 2 is 2.05 bits per heavy atom. The highest BCUT2D eigenvalue weighted by molar-refractivity contribution is 5.92. The average Bonchev–Trinajstić information content (AvgIpc) is 2.61. The molecule has 3 heterocycles. The number of nitrogens with zero attached hydrogens (tertiary/aromatic N) is 3. The van der Waals surface area contributed by atoms with E-state index in [1.54, 1.807) is 30.6 Å². The van der Waals surface area contributed by atoms with Crippen molar-refractivity contribution in [1.29, 1.82) is 0 Å².